The molecule has 0 aromatic rings. The van der Waals surface area contributed by atoms with Gasteiger partial charge in [0.2, 0.25) is 0 Å². The summed E-state index contributed by atoms with van der Waals surface area (Å²) < 4.78 is 9.61. The maximum absolute atomic E-state index is 11.1. The van der Waals surface area contributed by atoms with E-state index in [4.69, 9.17) is 9.47 Å². The van der Waals surface area contributed by atoms with Gasteiger partial charge in [-0.05, 0) is 13.8 Å². The highest BCUT2D eigenvalue weighted by Gasteiger charge is 2.40. The van der Waals surface area contributed by atoms with E-state index in [-0.39, 0.29) is 19.3 Å². The van der Waals surface area contributed by atoms with Crippen LogP contribution in [0.2, 0.25) is 0 Å². The SMILES string of the molecule is CC(O)CC(C)(O)C1OC(=O)CCC(=O)O1. The number of carbonyl (C=O) groups is 2. The van der Waals surface area contributed by atoms with Crippen molar-refractivity contribution >= 4 is 11.9 Å². The van der Waals surface area contributed by atoms with Gasteiger partial charge in [-0.1, -0.05) is 0 Å². The Hall–Kier alpha value is -1.14. The number of cyclic esters (lactones) is 2. The van der Waals surface area contributed by atoms with Crippen molar-refractivity contribution in [3.8, 4) is 0 Å². The minimum atomic E-state index is -1.59. The van der Waals surface area contributed by atoms with E-state index in [0.717, 1.165) is 0 Å². The first kappa shape index (κ1) is 12.9. The van der Waals surface area contributed by atoms with E-state index in [1.807, 2.05) is 0 Å². The standard InChI is InChI=1S/C10H16O6/c1-6(11)5-10(2,14)9-15-7(12)3-4-8(13)16-9/h6,9,11,14H,3-5H2,1-2H3. The molecule has 0 spiro atoms. The van der Waals surface area contributed by atoms with Gasteiger partial charge in [0.25, 0.3) is 6.29 Å². The fraction of sp³-hybridized carbons (Fsp3) is 0.800. The van der Waals surface area contributed by atoms with Gasteiger partial charge >= 0.3 is 11.9 Å². The van der Waals surface area contributed by atoms with Gasteiger partial charge in [0.1, 0.15) is 5.60 Å². The summed E-state index contributed by atoms with van der Waals surface area (Å²) in [6.07, 6.45) is -2.32. The third-order valence-electron chi connectivity index (χ3n) is 2.23. The van der Waals surface area contributed by atoms with Crippen molar-refractivity contribution in [3.05, 3.63) is 0 Å². The zero-order chi connectivity index (χ0) is 12.3. The maximum atomic E-state index is 11.1. The first-order valence-corrected chi connectivity index (χ1v) is 5.10. The Bertz CT molecular complexity index is 265. The summed E-state index contributed by atoms with van der Waals surface area (Å²) in [5.41, 5.74) is -1.59. The molecule has 1 aliphatic rings. The first-order chi connectivity index (χ1) is 7.31. The van der Waals surface area contributed by atoms with Gasteiger partial charge < -0.3 is 19.7 Å². The molecule has 0 saturated carbocycles. The van der Waals surface area contributed by atoms with Crippen LogP contribution in [-0.2, 0) is 19.1 Å². The molecular formula is C10H16O6. The molecule has 1 saturated heterocycles. The molecule has 0 bridgehead atoms. The zero-order valence-corrected chi connectivity index (χ0v) is 9.30. The Kier molecular flexibility index (Phi) is 3.88. The Morgan fingerprint density at radius 3 is 2.19 bits per heavy atom. The van der Waals surface area contributed by atoms with E-state index in [1.165, 1.54) is 13.8 Å². The highest BCUT2D eigenvalue weighted by Crippen LogP contribution is 2.24. The summed E-state index contributed by atoms with van der Waals surface area (Å²) >= 11 is 0. The molecule has 0 amide bonds. The summed E-state index contributed by atoms with van der Waals surface area (Å²) in [7, 11) is 0. The van der Waals surface area contributed by atoms with E-state index in [0.29, 0.717) is 0 Å². The van der Waals surface area contributed by atoms with Crippen molar-refractivity contribution in [1.29, 1.82) is 0 Å². The molecule has 0 aliphatic carbocycles. The Labute approximate surface area is 93.2 Å². The van der Waals surface area contributed by atoms with Crippen molar-refractivity contribution in [3.63, 3.8) is 0 Å². The largest absolute Gasteiger partial charge is 0.422 e. The number of aliphatic hydroxyl groups excluding tert-OH is 1. The lowest BCUT2D eigenvalue weighted by molar-refractivity contribution is -0.226. The monoisotopic (exact) mass is 232 g/mol. The van der Waals surface area contributed by atoms with E-state index in [1.54, 1.807) is 0 Å². The number of esters is 2. The number of hydrogen-bond donors (Lipinski definition) is 2. The molecule has 0 radical (unpaired) electrons. The van der Waals surface area contributed by atoms with Crippen LogP contribution in [0.3, 0.4) is 0 Å². The molecular weight excluding hydrogens is 216 g/mol. The van der Waals surface area contributed by atoms with Gasteiger partial charge in [-0.25, -0.2) is 0 Å². The number of hydrogen-bond acceptors (Lipinski definition) is 6. The molecule has 6 heteroatoms. The fourth-order valence-electron chi connectivity index (χ4n) is 1.53. The van der Waals surface area contributed by atoms with Crippen LogP contribution in [0.5, 0.6) is 0 Å². The van der Waals surface area contributed by atoms with Gasteiger partial charge in [0, 0.05) is 6.42 Å². The summed E-state index contributed by atoms with van der Waals surface area (Å²) in [5, 5.41) is 19.1. The van der Waals surface area contributed by atoms with Crippen LogP contribution in [-0.4, -0.2) is 40.1 Å². The van der Waals surface area contributed by atoms with Crippen molar-refractivity contribution in [2.75, 3.05) is 0 Å². The highest BCUT2D eigenvalue weighted by molar-refractivity contribution is 5.79. The van der Waals surface area contributed by atoms with Crippen molar-refractivity contribution in [1.82, 2.24) is 0 Å². The molecule has 1 fully saturated rings. The zero-order valence-electron chi connectivity index (χ0n) is 9.30. The van der Waals surface area contributed by atoms with Crippen LogP contribution in [0, 0.1) is 0 Å². The number of aliphatic hydroxyl groups is 2. The van der Waals surface area contributed by atoms with Crippen molar-refractivity contribution in [2.24, 2.45) is 0 Å². The quantitative estimate of drug-likeness (QED) is 0.650. The topological polar surface area (TPSA) is 93.1 Å². The molecule has 6 nitrogen and oxygen atoms in total. The van der Waals surface area contributed by atoms with E-state index < -0.39 is 29.9 Å². The molecule has 0 aromatic carbocycles. The van der Waals surface area contributed by atoms with Gasteiger partial charge in [-0.15, -0.1) is 0 Å². The first-order valence-electron chi connectivity index (χ1n) is 5.10. The summed E-state index contributed by atoms with van der Waals surface area (Å²) in [6.45, 7) is 2.82. The van der Waals surface area contributed by atoms with Gasteiger partial charge in [-0.3, -0.25) is 9.59 Å². The average molecular weight is 232 g/mol. The van der Waals surface area contributed by atoms with Crippen molar-refractivity contribution in [2.45, 2.75) is 51.1 Å². The molecule has 1 heterocycles. The van der Waals surface area contributed by atoms with E-state index in [9.17, 15) is 19.8 Å². The normalized spacial score (nSPS) is 24.0. The molecule has 0 aromatic heterocycles. The molecule has 16 heavy (non-hydrogen) atoms. The fourth-order valence-corrected chi connectivity index (χ4v) is 1.53. The maximum Gasteiger partial charge on any atom is 0.309 e. The molecule has 1 rings (SSSR count). The second kappa shape index (κ2) is 4.80. The summed E-state index contributed by atoms with van der Waals surface area (Å²) in [4.78, 5) is 22.3. The Morgan fingerprint density at radius 1 is 1.38 bits per heavy atom. The van der Waals surface area contributed by atoms with Gasteiger partial charge in [-0.2, -0.15) is 0 Å². The van der Waals surface area contributed by atoms with Crippen molar-refractivity contribution < 1.29 is 29.3 Å². The lowest BCUT2D eigenvalue weighted by atomic mass is 9.98. The second-order valence-corrected chi connectivity index (χ2v) is 4.22. The number of ether oxygens (including phenoxy) is 2. The predicted octanol–water partition coefficient (Wildman–Crippen LogP) is -0.285. The van der Waals surface area contributed by atoms with Crippen LogP contribution < -0.4 is 0 Å². The average Bonchev–Trinajstić information content (AvgIpc) is 2.26. The van der Waals surface area contributed by atoms with Crippen LogP contribution >= 0.6 is 0 Å². The van der Waals surface area contributed by atoms with Crippen LogP contribution in [0.1, 0.15) is 33.1 Å². The third kappa shape index (κ3) is 3.46. The van der Waals surface area contributed by atoms with Gasteiger partial charge in [0.15, 0.2) is 0 Å². The summed E-state index contributed by atoms with van der Waals surface area (Å²) in [5.74, 6) is -1.19. The minimum Gasteiger partial charge on any atom is -0.422 e. The second-order valence-electron chi connectivity index (χ2n) is 4.22. The lowest BCUT2D eigenvalue weighted by Gasteiger charge is -2.31. The minimum absolute atomic E-state index is 0.0555. The smallest absolute Gasteiger partial charge is 0.309 e. The Balaban J connectivity index is 2.75. The van der Waals surface area contributed by atoms with Crippen LogP contribution in [0.25, 0.3) is 0 Å². The number of carbonyl (C=O) groups excluding carboxylic acids is 2. The number of rotatable bonds is 3. The molecule has 2 atom stereocenters. The van der Waals surface area contributed by atoms with Crippen LogP contribution in [0.4, 0.5) is 0 Å². The predicted molar refractivity (Wildman–Crippen MR) is 52.1 cm³/mol. The summed E-state index contributed by atoms with van der Waals surface area (Å²) in [6, 6.07) is 0. The van der Waals surface area contributed by atoms with E-state index >= 15 is 0 Å². The van der Waals surface area contributed by atoms with Gasteiger partial charge in [0.05, 0.1) is 18.9 Å². The van der Waals surface area contributed by atoms with Crippen LogP contribution in [0.15, 0.2) is 0 Å². The lowest BCUT2D eigenvalue weighted by Crippen LogP contribution is -2.46. The molecule has 2 unspecified atom stereocenters. The molecule has 1 aliphatic heterocycles. The molecule has 2 N–H and O–H groups in total. The van der Waals surface area contributed by atoms with E-state index in [2.05, 4.69) is 0 Å². The molecule has 92 valence electrons. The third-order valence-corrected chi connectivity index (χ3v) is 2.23. The Morgan fingerprint density at radius 2 is 1.81 bits per heavy atom. The highest BCUT2D eigenvalue weighted by atomic mass is 16.7.